The van der Waals surface area contributed by atoms with Crippen LogP contribution < -0.4 is 0 Å². The first-order valence-corrected chi connectivity index (χ1v) is 4.77. The van der Waals surface area contributed by atoms with Crippen LogP contribution in [0.5, 0.6) is 0 Å². The van der Waals surface area contributed by atoms with Crippen molar-refractivity contribution in [2.75, 3.05) is 0 Å². The Kier molecular flexibility index (Phi) is 2.35. The highest BCUT2D eigenvalue weighted by Crippen LogP contribution is 2.12. The second-order valence-corrected chi connectivity index (χ2v) is 3.60. The molecule has 0 aliphatic rings. The Morgan fingerprint density at radius 2 is 2.07 bits per heavy atom. The van der Waals surface area contributed by atoms with E-state index in [1.807, 2.05) is 19.6 Å². The fourth-order valence-electron chi connectivity index (χ4n) is 1.56. The predicted molar refractivity (Wildman–Crippen MR) is 57.2 cm³/mol. The highest BCUT2D eigenvalue weighted by atomic mass is 15.0. The molecule has 0 saturated heterocycles. The van der Waals surface area contributed by atoms with Crippen molar-refractivity contribution >= 4 is 0 Å². The molecule has 1 heterocycles. The zero-order valence-corrected chi connectivity index (χ0v) is 8.57. The van der Waals surface area contributed by atoms with E-state index in [9.17, 15) is 0 Å². The molecule has 0 spiro atoms. The number of hydrogen-bond acceptors (Lipinski definition) is 1. The van der Waals surface area contributed by atoms with Gasteiger partial charge >= 0.3 is 0 Å². The minimum atomic E-state index is 0.961. The lowest BCUT2D eigenvalue weighted by atomic mass is 10.0. The van der Waals surface area contributed by atoms with Gasteiger partial charge in [0, 0.05) is 25.4 Å². The molecular formula is C12H14N2. The molecule has 2 nitrogen and oxygen atoms in total. The highest BCUT2D eigenvalue weighted by Gasteiger charge is 2.01. The van der Waals surface area contributed by atoms with Gasteiger partial charge in [0.05, 0.1) is 6.33 Å². The summed E-state index contributed by atoms with van der Waals surface area (Å²) in [5.74, 6) is 0. The number of aromatic nitrogens is 2. The molecule has 0 unspecified atom stereocenters. The average molecular weight is 186 g/mol. The van der Waals surface area contributed by atoms with Gasteiger partial charge in [0.1, 0.15) is 0 Å². The monoisotopic (exact) mass is 186 g/mol. The van der Waals surface area contributed by atoms with Crippen LogP contribution in [0.15, 0.2) is 36.8 Å². The maximum absolute atomic E-state index is 4.11. The van der Waals surface area contributed by atoms with Crippen molar-refractivity contribution in [3.63, 3.8) is 0 Å². The number of rotatable bonds is 2. The standard InChI is InChI=1S/C12H14N2/c1-10-5-3-4-6-11(10)7-12-8-13-9-14(12)2/h3-6,8-9H,7H2,1-2H3. The van der Waals surface area contributed by atoms with E-state index in [4.69, 9.17) is 0 Å². The number of benzene rings is 1. The maximum atomic E-state index is 4.11. The Labute approximate surface area is 84.2 Å². The van der Waals surface area contributed by atoms with Crippen LogP contribution in [0.1, 0.15) is 16.8 Å². The summed E-state index contributed by atoms with van der Waals surface area (Å²) in [6, 6.07) is 8.47. The van der Waals surface area contributed by atoms with Gasteiger partial charge < -0.3 is 4.57 Å². The molecule has 14 heavy (non-hydrogen) atoms. The molecule has 0 fully saturated rings. The zero-order valence-electron chi connectivity index (χ0n) is 8.57. The Balaban J connectivity index is 2.28. The van der Waals surface area contributed by atoms with Gasteiger partial charge in [-0.1, -0.05) is 24.3 Å². The maximum Gasteiger partial charge on any atom is 0.0945 e. The van der Waals surface area contributed by atoms with E-state index in [1.54, 1.807) is 0 Å². The van der Waals surface area contributed by atoms with Gasteiger partial charge in [-0.2, -0.15) is 0 Å². The quantitative estimate of drug-likeness (QED) is 0.703. The van der Waals surface area contributed by atoms with Crippen LogP contribution in [0.4, 0.5) is 0 Å². The van der Waals surface area contributed by atoms with E-state index in [2.05, 4.69) is 40.7 Å². The Bertz CT molecular complexity index is 429. The molecule has 2 heteroatoms. The van der Waals surface area contributed by atoms with E-state index >= 15 is 0 Å². The summed E-state index contributed by atoms with van der Waals surface area (Å²) in [5, 5.41) is 0. The molecule has 0 atom stereocenters. The molecule has 0 bridgehead atoms. The largest absolute Gasteiger partial charge is 0.337 e. The van der Waals surface area contributed by atoms with E-state index in [0.717, 1.165) is 6.42 Å². The van der Waals surface area contributed by atoms with Crippen LogP contribution in [0, 0.1) is 6.92 Å². The number of hydrogen-bond donors (Lipinski definition) is 0. The van der Waals surface area contributed by atoms with Crippen LogP contribution in [-0.4, -0.2) is 9.55 Å². The van der Waals surface area contributed by atoms with Gasteiger partial charge in [0.25, 0.3) is 0 Å². The molecule has 0 aliphatic carbocycles. The third-order valence-electron chi connectivity index (χ3n) is 2.55. The molecule has 0 amide bonds. The first-order valence-electron chi connectivity index (χ1n) is 4.77. The molecule has 0 radical (unpaired) electrons. The third-order valence-corrected chi connectivity index (χ3v) is 2.55. The van der Waals surface area contributed by atoms with Crippen molar-refractivity contribution in [3.05, 3.63) is 53.6 Å². The van der Waals surface area contributed by atoms with Crippen molar-refractivity contribution in [1.29, 1.82) is 0 Å². The van der Waals surface area contributed by atoms with E-state index in [1.165, 1.54) is 16.8 Å². The first kappa shape index (κ1) is 9.00. The lowest BCUT2D eigenvalue weighted by Crippen LogP contribution is -1.97. The molecule has 0 saturated carbocycles. The zero-order chi connectivity index (χ0) is 9.97. The van der Waals surface area contributed by atoms with Crippen LogP contribution in [0.3, 0.4) is 0 Å². The van der Waals surface area contributed by atoms with Gasteiger partial charge in [0.15, 0.2) is 0 Å². The van der Waals surface area contributed by atoms with Gasteiger partial charge in [-0.25, -0.2) is 4.98 Å². The smallest absolute Gasteiger partial charge is 0.0945 e. The lowest BCUT2D eigenvalue weighted by Gasteiger charge is -2.05. The normalized spacial score (nSPS) is 10.4. The van der Waals surface area contributed by atoms with Crippen molar-refractivity contribution in [3.8, 4) is 0 Å². The summed E-state index contributed by atoms with van der Waals surface area (Å²) in [5.41, 5.74) is 3.96. The first-order chi connectivity index (χ1) is 6.77. The number of nitrogens with zero attached hydrogens (tertiary/aromatic N) is 2. The van der Waals surface area contributed by atoms with Crippen LogP contribution in [0.2, 0.25) is 0 Å². The fraction of sp³-hybridized carbons (Fsp3) is 0.250. The highest BCUT2D eigenvalue weighted by molar-refractivity contribution is 5.29. The second kappa shape index (κ2) is 3.66. The van der Waals surface area contributed by atoms with Gasteiger partial charge in [-0.15, -0.1) is 0 Å². The summed E-state index contributed by atoms with van der Waals surface area (Å²) in [6.07, 6.45) is 4.73. The second-order valence-electron chi connectivity index (χ2n) is 3.60. The van der Waals surface area contributed by atoms with Crippen LogP contribution >= 0.6 is 0 Å². The predicted octanol–water partition coefficient (Wildman–Crippen LogP) is 2.32. The van der Waals surface area contributed by atoms with Gasteiger partial charge in [-0.05, 0) is 18.1 Å². The molecule has 72 valence electrons. The van der Waals surface area contributed by atoms with Gasteiger partial charge in [-0.3, -0.25) is 0 Å². The topological polar surface area (TPSA) is 17.8 Å². The molecule has 0 N–H and O–H groups in total. The summed E-state index contributed by atoms with van der Waals surface area (Å²) >= 11 is 0. The molecular weight excluding hydrogens is 172 g/mol. The van der Waals surface area contributed by atoms with Crippen LogP contribution in [-0.2, 0) is 13.5 Å². The SMILES string of the molecule is Cc1ccccc1Cc1cncn1C. The van der Waals surface area contributed by atoms with Crippen molar-refractivity contribution in [2.24, 2.45) is 7.05 Å². The summed E-state index contributed by atoms with van der Waals surface area (Å²) in [6.45, 7) is 2.14. The molecule has 2 aromatic rings. The third kappa shape index (κ3) is 1.69. The molecule has 0 aliphatic heterocycles. The van der Waals surface area contributed by atoms with Gasteiger partial charge in [0.2, 0.25) is 0 Å². The molecule has 1 aromatic heterocycles. The lowest BCUT2D eigenvalue weighted by molar-refractivity contribution is 0.843. The number of aryl methyl sites for hydroxylation is 2. The summed E-state index contributed by atoms with van der Waals surface area (Å²) in [4.78, 5) is 4.11. The summed E-state index contributed by atoms with van der Waals surface area (Å²) in [7, 11) is 2.03. The minimum Gasteiger partial charge on any atom is -0.337 e. The van der Waals surface area contributed by atoms with Crippen molar-refractivity contribution < 1.29 is 0 Å². The Morgan fingerprint density at radius 1 is 1.29 bits per heavy atom. The fourth-order valence-corrected chi connectivity index (χ4v) is 1.56. The molecule has 2 rings (SSSR count). The minimum absolute atomic E-state index is 0.961. The average Bonchev–Trinajstić information content (AvgIpc) is 2.56. The molecule has 1 aromatic carbocycles. The Morgan fingerprint density at radius 3 is 2.71 bits per heavy atom. The van der Waals surface area contributed by atoms with Crippen molar-refractivity contribution in [2.45, 2.75) is 13.3 Å². The number of imidazole rings is 1. The van der Waals surface area contributed by atoms with Crippen LogP contribution in [0.25, 0.3) is 0 Å². The summed E-state index contributed by atoms with van der Waals surface area (Å²) < 4.78 is 2.06. The Hall–Kier alpha value is -1.57. The van der Waals surface area contributed by atoms with Crippen molar-refractivity contribution in [1.82, 2.24) is 9.55 Å². The van der Waals surface area contributed by atoms with E-state index in [0.29, 0.717) is 0 Å². The van der Waals surface area contributed by atoms with E-state index in [-0.39, 0.29) is 0 Å². The van der Waals surface area contributed by atoms with E-state index < -0.39 is 0 Å².